The number of nitrogens with zero attached hydrogens (tertiary/aromatic N) is 1. The Morgan fingerprint density at radius 2 is 2.29 bits per heavy atom. The Kier molecular flexibility index (Phi) is 4.31. The number of primary sulfonamides is 1. The van der Waals surface area contributed by atoms with Crippen LogP contribution in [-0.4, -0.2) is 51.4 Å². The second-order valence-corrected chi connectivity index (χ2v) is 5.41. The zero-order chi connectivity index (χ0) is 10.6. The first-order valence-electron chi connectivity index (χ1n) is 4.81. The molecule has 1 saturated heterocycles. The van der Waals surface area contributed by atoms with Crippen LogP contribution in [0.3, 0.4) is 0 Å². The summed E-state index contributed by atoms with van der Waals surface area (Å²) < 4.78 is 26.7. The summed E-state index contributed by atoms with van der Waals surface area (Å²) in [5.74, 6) is 0.0665. The fourth-order valence-corrected chi connectivity index (χ4v) is 2.09. The molecule has 1 heterocycles. The number of ether oxygens (including phenoxy) is 1. The van der Waals surface area contributed by atoms with Gasteiger partial charge in [0, 0.05) is 12.6 Å². The molecule has 0 aromatic heterocycles. The summed E-state index contributed by atoms with van der Waals surface area (Å²) in [7, 11) is -3.30. The van der Waals surface area contributed by atoms with Crippen molar-refractivity contribution in [2.24, 2.45) is 5.14 Å². The molecule has 0 bridgehead atoms. The molecule has 0 spiro atoms. The highest BCUT2D eigenvalue weighted by molar-refractivity contribution is 7.89. The molecule has 1 fully saturated rings. The summed E-state index contributed by atoms with van der Waals surface area (Å²) >= 11 is 0. The lowest BCUT2D eigenvalue weighted by Crippen LogP contribution is -2.44. The maximum atomic E-state index is 10.7. The molecular formula is C8H18N2O3S. The monoisotopic (exact) mass is 222 g/mol. The van der Waals surface area contributed by atoms with Crippen LogP contribution in [0.2, 0.25) is 0 Å². The first-order chi connectivity index (χ1) is 6.49. The number of nitrogens with two attached hydrogens (primary N) is 1. The van der Waals surface area contributed by atoms with Crippen LogP contribution in [-0.2, 0) is 14.8 Å². The van der Waals surface area contributed by atoms with E-state index in [2.05, 4.69) is 11.8 Å². The molecule has 6 heteroatoms. The Bertz CT molecular complexity index is 266. The van der Waals surface area contributed by atoms with Crippen molar-refractivity contribution in [1.82, 2.24) is 4.90 Å². The minimum absolute atomic E-state index is 0.0665. The lowest BCUT2D eigenvalue weighted by Gasteiger charge is -2.33. The first-order valence-corrected chi connectivity index (χ1v) is 6.53. The van der Waals surface area contributed by atoms with Gasteiger partial charge in [-0.15, -0.1) is 0 Å². The Balaban J connectivity index is 2.23. The van der Waals surface area contributed by atoms with Crippen molar-refractivity contribution in [1.29, 1.82) is 0 Å². The summed E-state index contributed by atoms with van der Waals surface area (Å²) in [5.41, 5.74) is 0. The molecular weight excluding hydrogens is 204 g/mol. The van der Waals surface area contributed by atoms with Crippen LogP contribution in [0.5, 0.6) is 0 Å². The van der Waals surface area contributed by atoms with Gasteiger partial charge in [0.2, 0.25) is 10.0 Å². The Hall–Kier alpha value is -0.170. The van der Waals surface area contributed by atoms with Gasteiger partial charge in [-0.25, -0.2) is 13.6 Å². The van der Waals surface area contributed by atoms with Crippen LogP contribution < -0.4 is 5.14 Å². The zero-order valence-electron chi connectivity index (χ0n) is 8.48. The number of hydrogen-bond acceptors (Lipinski definition) is 4. The predicted octanol–water partition coefficient (Wildman–Crippen LogP) is -0.614. The predicted molar refractivity (Wildman–Crippen MR) is 54.4 cm³/mol. The van der Waals surface area contributed by atoms with Crippen LogP contribution >= 0.6 is 0 Å². The third kappa shape index (κ3) is 4.36. The second-order valence-electron chi connectivity index (χ2n) is 3.68. The van der Waals surface area contributed by atoms with E-state index in [9.17, 15) is 8.42 Å². The molecule has 0 aliphatic carbocycles. The maximum absolute atomic E-state index is 10.7. The molecule has 5 nitrogen and oxygen atoms in total. The molecule has 0 aromatic carbocycles. The lowest BCUT2D eigenvalue weighted by molar-refractivity contribution is 0.000000130. The topological polar surface area (TPSA) is 72.6 Å². The Labute approximate surface area is 85.3 Å². The largest absolute Gasteiger partial charge is 0.379 e. The van der Waals surface area contributed by atoms with E-state index in [1.807, 2.05) is 0 Å². The molecule has 14 heavy (non-hydrogen) atoms. The molecule has 84 valence electrons. The van der Waals surface area contributed by atoms with Gasteiger partial charge in [-0.05, 0) is 19.9 Å². The average molecular weight is 222 g/mol. The molecule has 1 aliphatic rings. The summed E-state index contributed by atoms with van der Waals surface area (Å²) in [6.07, 6.45) is 0.600. The molecule has 2 N–H and O–H groups in total. The Morgan fingerprint density at radius 3 is 2.86 bits per heavy atom. The van der Waals surface area contributed by atoms with Gasteiger partial charge in [-0.2, -0.15) is 0 Å². The molecule has 1 aliphatic heterocycles. The fraction of sp³-hybridized carbons (Fsp3) is 1.00. The molecule has 0 radical (unpaired) electrons. The summed E-state index contributed by atoms with van der Waals surface area (Å²) in [5, 5.41) is 4.91. The molecule has 1 rings (SSSR count). The van der Waals surface area contributed by atoms with E-state index < -0.39 is 10.0 Å². The molecule has 0 saturated carbocycles. The van der Waals surface area contributed by atoms with Crippen molar-refractivity contribution in [2.45, 2.75) is 19.4 Å². The van der Waals surface area contributed by atoms with E-state index in [1.165, 1.54) is 0 Å². The fourth-order valence-electron chi connectivity index (χ4n) is 1.56. The Morgan fingerprint density at radius 1 is 1.57 bits per heavy atom. The lowest BCUT2D eigenvalue weighted by atomic mass is 10.2. The number of morpholine rings is 1. The third-order valence-corrected chi connectivity index (χ3v) is 3.24. The smallest absolute Gasteiger partial charge is 0.209 e. The molecule has 0 amide bonds. The van der Waals surface area contributed by atoms with Crippen molar-refractivity contribution >= 4 is 10.0 Å². The van der Waals surface area contributed by atoms with Gasteiger partial charge in [-0.1, -0.05) is 0 Å². The van der Waals surface area contributed by atoms with Crippen molar-refractivity contribution in [3.05, 3.63) is 0 Å². The van der Waals surface area contributed by atoms with Crippen LogP contribution in [0.25, 0.3) is 0 Å². The van der Waals surface area contributed by atoms with E-state index >= 15 is 0 Å². The van der Waals surface area contributed by atoms with E-state index in [4.69, 9.17) is 9.88 Å². The van der Waals surface area contributed by atoms with Gasteiger partial charge in [0.25, 0.3) is 0 Å². The highest BCUT2D eigenvalue weighted by Crippen LogP contribution is 2.06. The van der Waals surface area contributed by atoms with Gasteiger partial charge < -0.3 is 4.74 Å². The van der Waals surface area contributed by atoms with E-state index in [1.54, 1.807) is 0 Å². The third-order valence-electron chi connectivity index (χ3n) is 2.38. The van der Waals surface area contributed by atoms with Crippen molar-refractivity contribution in [3.8, 4) is 0 Å². The first kappa shape index (κ1) is 11.9. The van der Waals surface area contributed by atoms with Crippen LogP contribution in [0.15, 0.2) is 0 Å². The maximum Gasteiger partial charge on any atom is 0.209 e. The summed E-state index contributed by atoms with van der Waals surface area (Å²) in [6, 6.07) is 0.379. The van der Waals surface area contributed by atoms with Gasteiger partial charge >= 0.3 is 0 Å². The quantitative estimate of drug-likeness (QED) is 0.688. The van der Waals surface area contributed by atoms with Gasteiger partial charge in [0.1, 0.15) is 0 Å². The van der Waals surface area contributed by atoms with Crippen molar-refractivity contribution < 1.29 is 13.2 Å². The normalized spacial score (nSPS) is 25.1. The number of sulfonamides is 1. The summed E-state index contributed by atoms with van der Waals surface area (Å²) in [6.45, 7) is 5.21. The van der Waals surface area contributed by atoms with Crippen LogP contribution in [0.4, 0.5) is 0 Å². The standard InChI is InChI=1S/C8H18N2O3S/c1-8-7-13-5-4-10(8)3-2-6-14(9,11)12/h8H,2-7H2,1H3,(H2,9,11,12). The van der Waals surface area contributed by atoms with E-state index in [-0.39, 0.29) is 5.75 Å². The van der Waals surface area contributed by atoms with Crippen LogP contribution in [0.1, 0.15) is 13.3 Å². The average Bonchev–Trinajstić information content (AvgIpc) is 2.06. The van der Waals surface area contributed by atoms with Gasteiger partial charge in [-0.3, -0.25) is 4.90 Å². The number of hydrogen-bond donors (Lipinski definition) is 1. The molecule has 0 aromatic rings. The second kappa shape index (κ2) is 5.06. The zero-order valence-corrected chi connectivity index (χ0v) is 9.29. The van der Waals surface area contributed by atoms with Crippen LogP contribution in [0, 0.1) is 0 Å². The highest BCUT2D eigenvalue weighted by Gasteiger charge is 2.18. The van der Waals surface area contributed by atoms with Crippen molar-refractivity contribution in [2.75, 3.05) is 32.1 Å². The van der Waals surface area contributed by atoms with Gasteiger partial charge in [0.05, 0.1) is 19.0 Å². The van der Waals surface area contributed by atoms with E-state index in [0.717, 1.165) is 26.3 Å². The minimum atomic E-state index is -3.30. The summed E-state index contributed by atoms with van der Waals surface area (Å²) in [4.78, 5) is 2.23. The minimum Gasteiger partial charge on any atom is -0.379 e. The van der Waals surface area contributed by atoms with Crippen molar-refractivity contribution in [3.63, 3.8) is 0 Å². The highest BCUT2D eigenvalue weighted by atomic mass is 32.2. The SMILES string of the molecule is CC1COCCN1CCCS(N)(=O)=O. The van der Waals surface area contributed by atoms with E-state index in [0.29, 0.717) is 12.5 Å². The molecule has 1 atom stereocenters. The van der Waals surface area contributed by atoms with Gasteiger partial charge in [0.15, 0.2) is 0 Å². The number of rotatable bonds is 4. The molecule has 1 unspecified atom stereocenters.